The van der Waals surface area contributed by atoms with Gasteiger partial charge in [-0.2, -0.15) is 5.10 Å². The molecule has 8 nitrogen and oxygen atoms in total. The molecule has 160 valence electrons. The quantitative estimate of drug-likeness (QED) is 0.624. The third-order valence-electron chi connectivity index (χ3n) is 7.03. The van der Waals surface area contributed by atoms with Crippen molar-refractivity contribution in [1.29, 1.82) is 0 Å². The predicted molar refractivity (Wildman–Crippen MR) is 123 cm³/mol. The number of rotatable bonds is 3. The Bertz CT molecular complexity index is 1150. The van der Waals surface area contributed by atoms with Crippen molar-refractivity contribution in [3.05, 3.63) is 41.4 Å². The average molecular weight is 417 g/mol. The number of benzene rings is 1. The number of nitrogens with zero attached hydrogens (tertiary/aromatic N) is 6. The highest BCUT2D eigenvalue weighted by molar-refractivity contribution is 5.88. The normalized spacial score (nSPS) is 20.5. The van der Waals surface area contributed by atoms with Crippen LogP contribution in [0.15, 0.2) is 24.4 Å². The Labute approximate surface area is 182 Å². The first kappa shape index (κ1) is 19.8. The zero-order chi connectivity index (χ0) is 21.6. The highest BCUT2D eigenvalue weighted by atomic mass is 15.3. The van der Waals surface area contributed by atoms with E-state index < -0.39 is 0 Å². The molecular formula is C23H28N8. The second-order valence-electron chi connectivity index (χ2n) is 9.17. The van der Waals surface area contributed by atoms with Crippen LogP contribution in [-0.2, 0) is 0 Å². The van der Waals surface area contributed by atoms with Gasteiger partial charge >= 0.3 is 0 Å². The first-order valence-electron chi connectivity index (χ1n) is 11.0. The van der Waals surface area contributed by atoms with Gasteiger partial charge in [-0.3, -0.25) is 5.10 Å². The van der Waals surface area contributed by atoms with Crippen LogP contribution in [0.1, 0.15) is 44.6 Å². The minimum Gasteiger partial charge on any atom is -0.355 e. The topological polar surface area (TPSA) is 91.3 Å². The molecule has 4 heterocycles. The predicted octanol–water partition coefficient (Wildman–Crippen LogP) is 4.11. The van der Waals surface area contributed by atoms with Crippen molar-refractivity contribution in [2.24, 2.45) is 11.1 Å². The van der Waals surface area contributed by atoms with Gasteiger partial charge in [0.15, 0.2) is 22.7 Å². The SMILES string of the molecule is [C-]#[N+]c1ccc2c(c1)[C@H](C)CCN2c1n[nH]c2nc(N3CCC(C)(CN)CC3)cnc12. The van der Waals surface area contributed by atoms with Crippen LogP contribution in [0.4, 0.5) is 23.0 Å². The molecule has 8 heteroatoms. The van der Waals surface area contributed by atoms with E-state index in [4.69, 9.17) is 22.3 Å². The van der Waals surface area contributed by atoms with Crippen molar-refractivity contribution in [3.8, 4) is 0 Å². The third-order valence-corrected chi connectivity index (χ3v) is 7.03. The second kappa shape index (κ2) is 7.50. The summed E-state index contributed by atoms with van der Waals surface area (Å²) in [4.78, 5) is 17.7. The van der Waals surface area contributed by atoms with E-state index in [0.29, 0.717) is 17.3 Å². The molecule has 0 spiro atoms. The van der Waals surface area contributed by atoms with E-state index in [1.807, 2.05) is 24.4 Å². The van der Waals surface area contributed by atoms with E-state index in [1.165, 1.54) is 5.56 Å². The number of fused-ring (bicyclic) bond motifs is 2. The van der Waals surface area contributed by atoms with Crippen molar-refractivity contribution < 1.29 is 0 Å². The van der Waals surface area contributed by atoms with Crippen molar-refractivity contribution in [2.75, 3.05) is 36.0 Å². The molecule has 0 unspecified atom stereocenters. The first-order chi connectivity index (χ1) is 15.0. The van der Waals surface area contributed by atoms with E-state index >= 15 is 0 Å². The molecule has 2 aliphatic rings. The van der Waals surface area contributed by atoms with Gasteiger partial charge in [0.2, 0.25) is 0 Å². The molecule has 1 aromatic carbocycles. The van der Waals surface area contributed by atoms with Gasteiger partial charge in [0.25, 0.3) is 0 Å². The molecule has 0 radical (unpaired) electrons. The number of hydrogen-bond acceptors (Lipinski definition) is 6. The lowest BCUT2D eigenvalue weighted by atomic mass is 9.80. The van der Waals surface area contributed by atoms with Crippen molar-refractivity contribution in [3.63, 3.8) is 0 Å². The maximum absolute atomic E-state index is 7.33. The minimum atomic E-state index is 0.223. The van der Waals surface area contributed by atoms with E-state index in [9.17, 15) is 0 Å². The Morgan fingerprint density at radius 1 is 1.29 bits per heavy atom. The third kappa shape index (κ3) is 3.39. The van der Waals surface area contributed by atoms with Gasteiger partial charge < -0.3 is 15.5 Å². The first-order valence-corrected chi connectivity index (χ1v) is 11.0. The summed E-state index contributed by atoms with van der Waals surface area (Å²) in [5.74, 6) is 2.09. The lowest BCUT2D eigenvalue weighted by Crippen LogP contribution is -2.42. The Kier molecular flexibility index (Phi) is 4.78. The van der Waals surface area contributed by atoms with E-state index in [2.05, 4.69) is 38.7 Å². The van der Waals surface area contributed by atoms with Gasteiger partial charge in [0.05, 0.1) is 12.8 Å². The van der Waals surface area contributed by atoms with Crippen LogP contribution in [0, 0.1) is 12.0 Å². The summed E-state index contributed by atoms with van der Waals surface area (Å²) in [6.07, 6.45) is 4.99. The van der Waals surface area contributed by atoms with Gasteiger partial charge in [-0.1, -0.05) is 26.0 Å². The highest BCUT2D eigenvalue weighted by Crippen LogP contribution is 2.42. The largest absolute Gasteiger partial charge is 0.355 e. The van der Waals surface area contributed by atoms with Crippen LogP contribution >= 0.6 is 0 Å². The summed E-state index contributed by atoms with van der Waals surface area (Å²) in [5, 5.41) is 7.68. The van der Waals surface area contributed by atoms with Gasteiger partial charge in [-0.05, 0) is 48.8 Å². The maximum atomic E-state index is 7.33. The number of anilines is 3. The van der Waals surface area contributed by atoms with E-state index in [-0.39, 0.29) is 5.41 Å². The van der Waals surface area contributed by atoms with Gasteiger partial charge in [0.1, 0.15) is 5.82 Å². The summed E-state index contributed by atoms with van der Waals surface area (Å²) in [5.41, 5.74) is 10.6. The van der Waals surface area contributed by atoms with Crippen molar-refractivity contribution in [1.82, 2.24) is 20.2 Å². The van der Waals surface area contributed by atoms with Gasteiger partial charge in [-0.25, -0.2) is 14.8 Å². The molecule has 5 rings (SSSR count). The molecule has 1 atom stereocenters. The molecule has 0 bridgehead atoms. The minimum absolute atomic E-state index is 0.223. The summed E-state index contributed by atoms with van der Waals surface area (Å²) in [6, 6.07) is 5.91. The van der Waals surface area contributed by atoms with E-state index in [0.717, 1.165) is 68.3 Å². The Morgan fingerprint density at radius 2 is 2.10 bits per heavy atom. The molecule has 0 amide bonds. The molecule has 2 aromatic heterocycles. The number of nitrogens with two attached hydrogens (primary N) is 1. The lowest BCUT2D eigenvalue weighted by molar-refractivity contribution is 0.258. The van der Waals surface area contributed by atoms with E-state index in [1.54, 1.807) is 0 Å². The molecule has 2 aliphatic heterocycles. The molecule has 3 N–H and O–H groups in total. The molecule has 31 heavy (non-hydrogen) atoms. The van der Waals surface area contributed by atoms with Crippen molar-refractivity contribution in [2.45, 2.75) is 39.0 Å². The average Bonchev–Trinajstić information content (AvgIpc) is 3.23. The zero-order valence-electron chi connectivity index (χ0n) is 18.1. The number of aromatic nitrogens is 4. The number of nitrogens with one attached hydrogen (secondary N) is 1. The molecular weight excluding hydrogens is 388 g/mol. The summed E-state index contributed by atoms with van der Waals surface area (Å²) in [7, 11) is 0. The van der Waals surface area contributed by atoms with Gasteiger partial charge in [0, 0.05) is 25.3 Å². The standard InChI is InChI=1S/C23H28N8/c1-15-6-9-31(18-5-4-16(25-3)12-17(15)18)22-20-21(28-29-22)27-19(13-26-20)30-10-7-23(2,14-24)8-11-30/h4-5,12-13,15H,6-11,14,24H2,1-2H3,(H,27,28,29)/t15-/m1/s1. The smallest absolute Gasteiger partial charge is 0.187 e. The molecule has 1 fully saturated rings. The fourth-order valence-electron chi connectivity index (χ4n) is 4.67. The highest BCUT2D eigenvalue weighted by Gasteiger charge is 2.30. The van der Waals surface area contributed by atoms with Gasteiger partial charge in [-0.15, -0.1) is 0 Å². The number of aromatic amines is 1. The number of piperidine rings is 1. The van der Waals surface area contributed by atoms with Crippen molar-refractivity contribution >= 4 is 34.2 Å². The summed E-state index contributed by atoms with van der Waals surface area (Å²) in [6.45, 7) is 15.3. The molecule has 0 aliphatic carbocycles. The Balaban J connectivity index is 1.45. The lowest BCUT2D eigenvalue weighted by Gasteiger charge is -2.39. The molecule has 3 aromatic rings. The summed E-state index contributed by atoms with van der Waals surface area (Å²) >= 11 is 0. The summed E-state index contributed by atoms with van der Waals surface area (Å²) < 4.78 is 0. The van der Waals surface area contributed by atoms with Crippen LogP contribution in [-0.4, -0.2) is 46.3 Å². The number of H-pyrrole nitrogens is 1. The fourth-order valence-corrected chi connectivity index (χ4v) is 4.67. The second-order valence-corrected chi connectivity index (χ2v) is 9.17. The van der Waals surface area contributed by atoms with Crippen LogP contribution in [0.5, 0.6) is 0 Å². The monoisotopic (exact) mass is 416 g/mol. The van der Waals surface area contributed by atoms with Crippen LogP contribution in [0.2, 0.25) is 0 Å². The number of hydrogen-bond donors (Lipinski definition) is 2. The zero-order valence-corrected chi connectivity index (χ0v) is 18.1. The van der Waals surface area contributed by atoms with Crippen LogP contribution < -0.4 is 15.5 Å². The maximum Gasteiger partial charge on any atom is 0.187 e. The van der Waals surface area contributed by atoms with Crippen LogP contribution in [0.25, 0.3) is 16.0 Å². The Morgan fingerprint density at radius 3 is 2.84 bits per heavy atom. The molecule has 1 saturated heterocycles. The fraction of sp³-hybridized carbons (Fsp3) is 0.478. The molecule has 0 saturated carbocycles. The Hall–Kier alpha value is -3.18. The van der Waals surface area contributed by atoms with Crippen LogP contribution in [0.3, 0.4) is 0 Å².